The molecular formula is C22H22FN9O3. The second-order valence-corrected chi connectivity index (χ2v) is 7.91. The summed E-state index contributed by atoms with van der Waals surface area (Å²) >= 11 is 0. The predicted molar refractivity (Wildman–Crippen MR) is 124 cm³/mol. The molecule has 13 heteroatoms. The van der Waals surface area contributed by atoms with Crippen LogP contribution in [0, 0.1) is 5.82 Å². The molecule has 5 rings (SSSR count). The van der Waals surface area contributed by atoms with Crippen LogP contribution in [0.5, 0.6) is 0 Å². The van der Waals surface area contributed by atoms with Crippen LogP contribution in [0.25, 0.3) is 11.1 Å². The summed E-state index contributed by atoms with van der Waals surface area (Å²) in [4.78, 5) is 31.6. The number of amides is 3. The molecule has 35 heavy (non-hydrogen) atoms. The van der Waals surface area contributed by atoms with Gasteiger partial charge in [-0.25, -0.2) is 28.7 Å². The van der Waals surface area contributed by atoms with Crippen LogP contribution in [-0.2, 0) is 11.3 Å². The van der Waals surface area contributed by atoms with Crippen molar-refractivity contribution in [2.75, 3.05) is 36.5 Å². The molecule has 3 amide bonds. The van der Waals surface area contributed by atoms with E-state index in [0.717, 1.165) is 0 Å². The van der Waals surface area contributed by atoms with Crippen molar-refractivity contribution in [1.82, 2.24) is 30.3 Å². The number of hydrogen-bond donors (Lipinski definition) is 1. The third-order valence-corrected chi connectivity index (χ3v) is 5.69. The van der Waals surface area contributed by atoms with Gasteiger partial charge in [-0.15, -0.1) is 5.10 Å². The molecule has 1 N–H and O–H groups in total. The number of rotatable bonds is 5. The Labute approximate surface area is 199 Å². The molecule has 2 aromatic heterocycles. The molecule has 4 heterocycles. The summed E-state index contributed by atoms with van der Waals surface area (Å²) in [5.41, 5.74) is 1.36. The second-order valence-electron chi connectivity index (χ2n) is 7.91. The Kier molecular flexibility index (Phi) is 5.95. The Hall–Kier alpha value is -4.55. The monoisotopic (exact) mass is 479 g/mol. The lowest BCUT2D eigenvalue weighted by Gasteiger charge is -2.27. The zero-order valence-electron chi connectivity index (χ0n) is 18.8. The summed E-state index contributed by atoms with van der Waals surface area (Å²) in [5, 5.41) is 15.6. The number of hydrazone groups is 1. The molecule has 1 saturated heterocycles. The van der Waals surface area contributed by atoms with E-state index < -0.39 is 18.0 Å². The van der Waals surface area contributed by atoms with Gasteiger partial charge in [0.15, 0.2) is 0 Å². The molecule has 2 aliphatic rings. The van der Waals surface area contributed by atoms with Crippen LogP contribution in [0.1, 0.15) is 0 Å². The average Bonchev–Trinajstić information content (AvgIpc) is 3.53. The quantitative estimate of drug-likeness (QED) is 0.593. The van der Waals surface area contributed by atoms with E-state index in [1.54, 1.807) is 59.5 Å². The Morgan fingerprint density at radius 1 is 1.26 bits per heavy atom. The number of halogens is 1. The van der Waals surface area contributed by atoms with E-state index in [1.807, 2.05) is 0 Å². The Bertz CT molecular complexity index is 1250. The van der Waals surface area contributed by atoms with Crippen LogP contribution in [0.4, 0.5) is 25.5 Å². The van der Waals surface area contributed by atoms with Gasteiger partial charge in [-0.1, -0.05) is 5.21 Å². The number of pyridine rings is 1. The van der Waals surface area contributed by atoms with Crippen LogP contribution in [0.3, 0.4) is 0 Å². The number of cyclic esters (lactones) is 1. The number of hydrogen-bond acceptors (Lipinski definition) is 8. The van der Waals surface area contributed by atoms with Crippen LogP contribution < -0.4 is 15.1 Å². The van der Waals surface area contributed by atoms with Gasteiger partial charge in [-0.2, -0.15) is 5.10 Å². The fraction of sp³-hybridized carbons (Fsp3) is 0.273. The normalized spacial score (nSPS) is 17.6. The lowest BCUT2D eigenvalue weighted by atomic mass is 10.1. The number of nitrogens with zero attached hydrogens (tertiary/aromatic N) is 8. The molecule has 0 saturated carbocycles. The van der Waals surface area contributed by atoms with E-state index in [2.05, 4.69) is 25.7 Å². The Morgan fingerprint density at radius 3 is 2.80 bits per heavy atom. The largest absolute Gasteiger partial charge is 0.442 e. The maximum absolute atomic E-state index is 15.0. The van der Waals surface area contributed by atoms with Crippen molar-refractivity contribution >= 4 is 30.0 Å². The number of anilines is 2. The van der Waals surface area contributed by atoms with Gasteiger partial charge in [0.1, 0.15) is 24.1 Å². The highest BCUT2D eigenvalue weighted by molar-refractivity contribution is 5.90. The van der Waals surface area contributed by atoms with Crippen molar-refractivity contribution in [2.45, 2.75) is 12.6 Å². The minimum absolute atomic E-state index is 0.280. The highest BCUT2D eigenvalue weighted by Gasteiger charge is 2.33. The molecule has 1 aromatic carbocycles. The molecule has 1 atom stereocenters. The maximum Gasteiger partial charge on any atom is 0.414 e. The van der Waals surface area contributed by atoms with Gasteiger partial charge in [0, 0.05) is 37.1 Å². The lowest BCUT2D eigenvalue weighted by molar-refractivity contribution is 0.129. The molecule has 1 fully saturated rings. The third kappa shape index (κ3) is 4.60. The summed E-state index contributed by atoms with van der Waals surface area (Å²) in [7, 11) is 1.55. The van der Waals surface area contributed by atoms with Gasteiger partial charge in [0.05, 0.1) is 31.5 Å². The number of carbonyl (C=O) groups excluding carboxylic acids is 2. The fourth-order valence-corrected chi connectivity index (χ4v) is 3.89. The summed E-state index contributed by atoms with van der Waals surface area (Å²) in [6.07, 6.45) is 5.38. The highest BCUT2D eigenvalue weighted by atomic mass is 19.1. The lowest BCUT2D eigenvalue weighted by Crippen LogP contribution is -2.44. The van der Waals surface area contributed by atoms with E-state index in [9.17, 15) is 9.59 Å². The summed E-state index contributed by atoms with van der Waals surface area (Å²) in [6.45, 7) is 1.58. The minimum Gasteiger partial charge on any atom is -0.442 e. The van der Waals surface area contributed by atoms with Gasteiger partial charge in [-0.05, 0) is 30.3 Å². The molecule has 12 nitrogen and oxygen atoms in total. The second kappa shape index (κ2) is 9.37. The molecule has 0 aliphatic carbocycles. The summed E-state index contributed by atoms with van der Waals surface area (Å²) in [5.74, 6) is 0.148. The van der Waals surface area contributed by atoms with E-state index in [0.29, 0.717) is 42.3 Å². The van der Waals surface area contributed by atoms with Gasteiger partial charge < -0.3 is 15.0 Å². The third-order valence-electron chi connectivity index (χ3n) is 5.69. The first kappa shape index (κ1) is 22.3. The van der Waals surface area contributed by atoms with Crippen molar-refractivity contribution in [1.29, 1.82) is 0 Å². The van der Waals surface area contributed by atoms with Crippen LogP contribution in [-0.4, -0.2) is 76.2 Å². The highest BCUT2D eigenvalue weighted by Crippen LogP contribution is 2.29. The predicted octanol–water partition coefficient (Wildman–Crippen LogP) is 1.91. The first-order valence-electron chi connectivity index (χ1n) is 10.9. The van der Waals surface area contributed by atoms with Gasteiger partial charge >= 0.3 is 12.1 Å². The number of carbonyl (C=O) groups is 2. The number of ether oxygens (including phenoxy) is 1. The standard InChI is InChI=1S/C22H22FN9O3/c1-24-21(33)32-9-8-29(14-27-32)20-5-2-15(11-25-20)18-4-3-16(10-19(18)23)31-13-17(35-22(31)34)12-30-7-6-26-28-30/h2-7,10-11,14,17H,8-9,12-13H2,1H3,(H,24,33)/t17-/m0/s1. The number of benzene rings is 1. The molecule has 0 radical (unpaired) electrons. The smallest absolute Gasteiger partial charge is 0.414 e. The minimum atomic E-state index is -0.536. The van der Waals surface area contributed by atoms with E-state index in [-0.39, 0.29) is 12.6 Å². The number of urea groups is 1. The molecule has 2 aliphatic heterocycles. The molecule has 0 bridgehead atoms. The molecule has 180 valence electrons. The molecular weight excluding hydrogens is 457 g/mol. The zero-order chi connectivity index (χ0) is 24.4. The SMILES string of the molecule is CNC(=O)N1CCN(c2ccc(-c3ccc(N4C[C@H](Cn5ccnn5)OC4=O)cc3F)cn2)C=N1. The van der Waals surface area contributed by atoms with E-state index in [1.165, 1.54) is 22.3 Å². The first-order valence-corrected chi connectivity index (χ1v) is 10.9. The first-order chi connectivity index (χ1) is 17.0. The molecule has 0 unspecified atom stereocenters. The molecule has 0 spiro atoms. The van der Waals surface area contributed by atoms with Crippen LogP contribution in [0.15, 0.2) is 54.0 Å². The summed E-state index contributed by atoms with van der Waals surface area (Å²) < 4.78 is 22.0. The van der Waals surface area contributed by atoms with E-state index in [4.69, 9.17) is 4.74 Å². The number of nitrogens with one attached hydrogen (secondary N) is 1. The van der Waals surface area contributed by atoms with Crippen molar-refractivity contribution < 1.29 is 18.7 Å². The average molecular weight is 479 g/mol. The Morgan fingerprint density at radius 2 is 2.14 bits per heavy atom. The van der Waals surface area contributed by atoms with Gasteiger partial charge in [0.2, 0.25) is 0 Å². The molecule has 3 aromatic rings. The zero-order valence-corrected chi connectivity index (χ0v) is 18.8. The maximum atomic E-state index is 15.0. The van der Waals surface area contributed by atoms with Gasteiger partial charge in [-0.3, -0.25) is 4.90 Å². The van der Waals surface area contributed by atoms with Crippen LogP contribution >= 0.6 is 0 Å². The van der Waals surface area contributed by atoms with Crippen molar-refractivity contribution in [2.24, 2.45) is 5.10 Å². The topological polar surface area (TPSA) is 121 Å². The van der Waals surface area contributed by atoms with Crippen molar-refractivity contribution in [3.8, 4) is 11.1 Å². The van der Waals surface area contributed by atoms with Crippen molar-refractivity contribution in [3.63, 3.8) is 0 Å². The van der Waals surface area contributed by atoms with Crippen LogP contribution in [0.2, 0.25) is 0 Å². The fourth-order valence-electron chi connectivity index (χ4n) is 3.89. The summed E-state index contributed by atoms with van der Waals surface area (Å²) in [6, 6.07) is 7.84. The Balaban J connectivity index is 1.27. The van der Waals surface area contributed by atoms with Gasteiger partial charge in [0.25, 0.3) is 0 Å². The van der Waals surface area contributed by atoms with E-state index >= 15 is 4.39 Å². The van der Waals surface area contributed by atoms with Crippen molar-refractivity contribution in [3.05, 3.63) is 54.7 Å². The number of aromatic nitrogens is 4.